The quantitative estimate of drug-likeness (QED) is 0.598. The summed E-state index contributed by atoms with van der Waals surface area (Å²) in [4.78, 5) is 2.04. The Hall–Kier alpha value is -2.99. The molecule has 0 aliphatic rings. The summed E-state index contributed by atoms with van der Waals surface area (Å²) in [7, 11) is 3.31. The van der Waals surface area contributed by atoms with Gasteiger partial charge in [-0.25, -0.2) is 0 Å². The van der Waals surface area contributed by atoms with Crippen LogP contribution in [0.5, 0.6) is 11.5 Å². The minimum atomic E-state index is 0.549. The van der Waals surface area contributed by atoms with Crippen LogP contribution in [-0.4, -0.2) is 24.2 Å². The molecule has 0 saturated heterocycles. The predicted octanol–water partition coefficient (Wildman–Crippen LogP) is 4.70. The second-order valence-corrected chi connectivity index (χ2v) is 6.29. The number of anilines is 1. The molecule has 0 amide bonds. The van der Waals surface area contributed by atoms with Gasteiger partial charge < -0.3 is 24.1 Å². The number of benzene rings is 2. The van der Waals surface area contributed by atoms with Crippen molar-refractivity contribution in [3.63, 3.8) is 0 Å². The summed E-state index contributed by atoms with van der Waals surface area (Å²) in [5, 5.41) is 3.88. The number of thiocarbonyl (C=S) groups is 1. The highest BCUT2D eigenvalue weighted by atomic mass is 32.1. The Morgan fingerprint density at radius 1 is 0.963 bits per heavy atom. The molecular formula is C21H22N2O3S. The largest absolute Gasteiger partial charge is 0.497 e. The Kier molecular flexibility index (Phi) is 6.33. The summed E-state index contributed by atoms with van der Waals surface area (Å²) >= 11 is 5.67. The fourth-order valence-corrected chi connectivity index (χ4v) is 2.95. The molecule has 2 aromatic carbocycles. The summed E-state index contributed by atoms with van der Waals surface area (Å²) in [5.74, 6) is 2.46. The molecule has 27 heavy (non-hydrogen) atoms. The van der Waals surface area contributed by atoms with Crippen LogP contribution in [0, 0.1) is 0 Å². The monoisotopic (exact) mass is 382 g/mol. The molecule has 6 heteroatoms. The first-order valence-corrected chi connectivity index (χ1v) is 8.94. The molecular weight excluding hydrogens is 360 g/mol. The van der Waals surface area contributed by atoms with Crippen LogP contribution in [0.1, 0.15) is 11.3 Å². The average molecular weight is 382 g/mol. The van der Waals surface area contributed by atoms with Crippen molar-refractivity contribution in [1.82, 2.24) is 4.90 Å². The second-order valence-electron chi connectivity index (χ2n) is 5.91. The van der Waals surface area contributed by atoms with Crippen LogP contribution in [0.25, 0.3) is 0 Å². The lowest BCUT2D eigenvalue weighted by Gasteiger charge is -2.26. The number of nitrogens with one attached hydrogen (secondary N) is 1. The molecule has 1 heterocycles. The van der Waals surface area contributed by atoms with Crippen molar-refractivity contribution in [2.45, 2.75) is 13.1 Å². The molecule has 140 valence electrons. The fraction of sp³-hybridized carbons (Fsp3) is 0.190. The van der Waals surface area contributed by atoms with Gasteiger partial charge in [0.25, 0.3) is 0 Å². The maximum Gasteiger partial charge on any atom is 0.174 e. The first-order valence-electron chi connectivity index (χ1n) is 8.54. The zero-order valence-corrected chi connectivity index (χ0v) is 16.2. The van der Waals surface area contributed by atoms with Gasteiger partial charge in [-0.1, -0.05) is 18.2 Å². The lowest BCUT2D eigenvalue weighted by atomic mass is 10.2. The first kappa shape index (κ1) is 18.8. The summed E-state index contributed by atoms with van der Waals surface area (Å²) in [5.41, 5.74) is 1.94. The summed E-state index contributed by atoms with van der Waals surface area (Å²) in [6.07, 6.45) is 1.66. The summed E-state index contributed by atoms with van der Waals surface area (Å²) in [6, 6.07) is 19.4. The minimum absolute atomic E-state index is 0.549. The molecule has 0 saturated carbocycles. The molecule has 0 fully saturated rings. The first-order chi connectivity index (χ1) is 13.2. The van der Waals surface area contributed by atoms with E-state index in [1.165, 1.54) is 0 Å². The van der Waals surface area contributed by atoms with Crippen molar-refractivity contribution >= 4 is 23.0 Å². The van der Waals surface area contributed by atoms with Crippen LogP contribution in [0.15, 0.2) is 71.3 Å². The predicted molar refractivity (Wildman–Crippen MR) is 110 cm³/mol. The van der Waals surface area contributed by atoms with E-state index in [0.717, 1.165) is 28.5 Å². The van der Waals surface area contributed by atoms with Crippen molar-refractivity contribution in [2.24, 2.45) is 0 Å². The van der Waals surface area contributed by atoms with Crippen molar-refractivity contribution in [2.75, 3.05) is 19.5 Å². The molecule has 3 rings (SSSR count). The lowest BCUT2D eigenvalue weighted by Crippen LogP contribution is -2.33. The molecule has 5 nitrogen and oxygen atoms in total. The van der Waals surface area contributed by atoms with Crippen molar-refractivity contribution in [3.8, 4) is 11.5 Å². The number of hydrogen-bond donors (Lipinski definition) is 1. The van der Waals surface area contributed by atoms with Gasteiger partial charge in [0.15, 0.2) is 5.11 Å². The number of nitrogens with zero attached hydrogens (tertiary/aromatic N) is 1. The lowest BCUT2D eigenvalue weighted by molar-refractivity contribution is 0.348. The van der Waals surface area contributed by atoms with E-state index in [1.54, 1.807) is 20.5 Å². The number of methoxy groups -OCH3 is 2. The van der Waals surface area contributed by atoms with Crippen LogP contribution in [-0.2, 0) is 13.1 Å². The molecule has 3 aromatic rings. The normalized spacial score (nSPS) is 10.3. The molecule has 0 atom stereocenters. The molecule has 1 aromatic heterocycles. The van der Waals surface area contributed by atoms with Gasteiger partial charge in [0.05, 0.1) is 27.0 Å². The van der Waals surface area contributed by atoms with Crippen molar-refractivity contribution in [1.29, 1.82) is 0 Å². The zero-order valence-electron chi connectivity index (χ0n) is 15.3. The van der Waals surface area contributed by atoms with Gasteiger partial charge >= 0.3 is 0 Å². The highest BCUT2D eigenvalue weighted by molar-refractivity contribution is 7.80. The van der Waals surface area contributed by atoms with Crippen LogP contribution in [0.3, 0.4) is 0 Å². The van der Waals surface area contributed by atoms with E-state index in [2.05, 4.69) is 5.32 Å². The number of hydrogen-bond acceptors (Lipinski definition) is 4. The van der Waals surface area contributed by atoms with Gasteiger partial charge in [-0.3, -0.25) is 0 Å². The molecule has 0 spiro atoms. The zero-order chi connectivity index (χ0) is 19.1. The summed E-state index contributed by atoms with van der Waals surface area (Å²) in [6.45, 7) is 1.14. The van der Waals surface area contributed by atoms with Gasteiger partial charge in [0.1, 0.15) is 17.3 Å². The number of ether oxygens (including phenoxy) is 2. The average Bonchev–Trinajstić information content (AvgIpc) is 3.21. The molecule has 0 aliphatic carbocycles. The highest BCUT2D eigenvalue weighted by Gasteiger charge is 2.15. The Morgan fingerprint density at radius 3 is 2.41 bits per heavy atom. The van der Waals surface area contributed by atoms with E-state index in [-0.39, 0.29) is 0 Å². The Labute approximate surface area is 164 Å². The van der Waals surface area contributed by atoms with Gasteiger partial charge in [-0.05, 0) is 54.7 Å². The van der Waals surface area contributed by atoms with E-state index in [4.69, 9.17) is 26.1 Å². The third-order valence-corrected chi connectivity index (χ3v) is 4.47. The number of furan rings is 1. The third kappa shape index (κ3) is 5.01. The maximum absolute atomic E-state index is 5.67. The Morgan fingerprint density at radius 2 is 1.74 bits per heavy atom. The highest BCUT2D eigenvalue weighted by Crippen LogP contribution is 2.22. The van der Waals surface area contributed by atoms with Crippen molar-refractivity contribution < 1.29 is 13.9 Å². The van der Waals surface area contributed by atoms with E-state index in [0.29, 0.717) is 18.2 Å². The van der Waals surface area contributed by atoms with Crippen LogP contribution in [0.2, 0.25) is 0 Å². The Balaban J connectivity index is 1.78. The fourth-order valence-electron chi connectivity index (χ4n) is 2.71. The van der Waals surface area contributed by atoms with Crippen molar-refractivity contribution in [3.05, 3.63) is 78.3 Å². The second kappa shape index (κ2) is 9.09. The number of rotatable bonds is 7. The summed E-state index contributed by atoms with van der Waals surface area (Å²) < 4.78 is 16.2. The van der Waals surface area contributed by atoms with E-state index < -0.39 is 0 Å². The van der Waals surface area contributed by atoms with Crippen LogP contribution < -0.4 is 14.8 Å². The van der Waals surface area contributed by atoms with Crippen LogP contribution >= 0.6 is 12.2 Å². The molecule has 0 bridgehead atoms. The SMILES string of the molecule is COc1ccc(NC(=S)N(Cc2ccco2)Cc2ccccc2OC)cc1. The topological polar surface area (TPSA) is 46.9 Å². The third-order valence-electron chi connectivity index (χ3n) is 4.11. The molecule has 0 unspecified atom stereocenters. The van der Waals surface area contributed by atoms with Gasteiger partial charge in [-0.15, -0.1) is 0 Å². The van der Waals surface area contributed by atoms with Gasteiger partial charge in [0.2, 0.25) is 0 Å². The maximum atomic E-state index is 5.67. The Bertz CT molecular complexity index is 863. The molecule has 0 aliphatic heterocycles. The van der Waals surface area contributed by atoms with Gasteiger partial charge in [0, 0.05) is 17.8 Å². The van der Waals surface area contributed by atoms with E-state index in [9.17, 15) is 0 Å². The minimum Gasteiger partial charge on any atom is -0.497 e. The molecule has 1 N–H and O–H groups in total. The van der Waals surface area contributed by atoms with E-state index in [1.807, 2.05) is 65.6 Å². The van der Waals surface area contributed by atoms with Crippen LogP contribution in [0.4, 0.5) is 5.69 Å². The standard InChI is InChI=1S/C21H22N2O3S/c1-24-18-11-9-17(10-12-18)22-21(27)23(15-19-7-5-13-26-19)14-16-6-3-4-8-20(16)25-2/h3-13H,14-15H2,1-2H3,(H,22,27). The molecule has 0 radical (unpaired) electrons. The van der Waals surface area contributed by atoms with E-state index >= 15 is 0 Å². The van der Waals surface area contributed by atoms with Gasteiger partial charge in [-0.2, -0.15) is 0 Å². The smallest absolute Gasteiger partial charge is 0.174 e. The number of para-hydroxylation sites is 1.